The Morgan fingerprint density at radius 1 is 1.04 bits per heavy atom. The van der Waals surface area contributed by atoms with E-state index in [9.17, 15) is 32.4 Å². The van der Waals surface area contributed by atoms with E-state index in [0.29, 0.717) is 45.2 Å². The van der Waals surface area contributed by atoms with Gasteiger partial charge in [0.1, 0.15) is 23.7 Å². The van der Waals surface area contributed by atoms with Crippen LogP contribution in [-0.4, -0.2) is 90.3 Å². The second kappa shape index (κ2) is 14.6. The summed E-state index contributed by atoms with van der Waals surface area (Å²) in [6.07, 6.45) is 9.77. The Balaban J connectivity index is 1.15. The zero-order chi connectivity index (χ0) is 36.6. The van der Waals surface area contributed by atoms with Crippen LogP contribution >= 0.6 is 0 Å². The first-order valence-corrected chi connectivity index (χ1v) is 20.0. The van der Waals surface area contributed by atoms with Crippen molar-refractivity contribution >= 4 is 46.0 Å². The van der Waals surface area contributed by atoms with E-state index in [4.69, 9.17) is 9.47 Å². The summed E-state index contributed by atoms with van der Waals surface area (Å²) in [7, 11) is -3.90. The first kappa shape index (κ1) is 36.0. The molecule has 6 aliphatic rings. The molecule has 5 amide bonds. The third-order valence-electron chi connectivity index (χ3n) is 11.3. The van der Waals surface area contributed by atoms with Crippen molar-refractivity contribution in [3.8, 4) is 0 Å². The van der Waals surface area contributed by atoms with Crippen molar-refractivity contribution in [2.45, 2.75) is 113 Å². The number of alkyl carbamates (subject to hydrolysis) is 1. The maximum atomic E-state index is 14.5. The van der Waals surface area contributed by atoms with E-state index in [2.05, 4.69) is 28.0 Å². The molecule has 3 aliphatic carbocycles. The van der Waals surface area contributed by atoms with Crippen molar-refractivity contribution < 1.29 is 41.9 Å². The van der Waals surface area contributed by atoms with Gasteiger partial charge in [-0.1, -0.05) is 49.3 Å². The summed E-state index contributed by atoms with van der Waals surface area (Å²) in [4.78, 5) is 71.7. The molecule has 7 rings (SSSR count). The van der Waals surface area contributed by atoms with Crippen molar-refractivity contribution in [3.63, 3.8) is 0 Å². The van der Waals surface area contributed by atoms with Crippen LogP contribution in [0.25, 0.3) is 6.08 Å². The lowest BCUT2D eigenvalue weighted by molar-refractivity contribution is -0.142. The van der Waals surface area contributed by atoms with Crippen LogP contribution in [-0.2, 0) is 47.0 Å². The zero-order valence-electron chi connectivity index (χ0n) is 29.2. The molecule has 0 aromatic heterocycles. The molecule has 0 radical (unpaired) electrons. The van der Waals surface area contributed by atoms with Crippen LogP contribution in [0.5, 0.6) is 0 Å². The number of ether oxygens (including phenoxy) is 2. The number of amides is 5. The van der Waals surface area contributed by atoms with Gasteiger partial charge in [-0.25, -0.2) is 18.0 Å². The molecule has 5 atom stereocenters. The Bertz CT molecular complexity index is 1770. The highest BCUT2D eigenvalue weighted by atomic mass is 32.2. The van der Waals surface area contributed by atoms with E-state index in [0.717, 1.165) is 42.4 Å². The van der Waals surface area contributed by atoms with E-state index in [-0.39, 0.29) is 31.9 Å². The molecule has 3 saturated carbocycles. The normalized spacial score (nSPS) is 30.5. The van der Waals surface area contributed by atoms with E-state index in [1.165, 1.54) is 11.0 Å². The Hall–Kier alpha value is -4.40. The molecular formula is C37H47N5O9S. The van der Waals surface area contributed by atoms with Gasteiger partial charge in [0.2, 0.25) is 21.8 Å². The number of carbonyl (C=O) groups excluding carboxylic acids is 5. The quantitative estimate of drug-likeness (QED) is 0.354. The summed E-state index contributed by atoms with van der Waals surface area (Å²) in [6, 6.07) is 3.77. The van der Waals surface area contributed by atoms with Crippen LogP contribution in [0.1, 0.15) is 87.3 Å². The van der Waals surface area contributed by atoms with Gasteiger partial charge in [-0.3, -0.25) is 24.0 Å². The topological polar surface area (TPSA) is 181 Å². The van der Waals surface area contributed by atoms with Crippen LogP contribution in [0.15, 0.2) is 36.9 Å². The molecule has 4 fully saturated rings. The first-order valence-electron chi connectivity index (χ1n) is 18.5. The molecule has 52 heavy (non-hydrogen) atoms. The van der Waals surface area contributed by atoms with Gasteiger partial charge in [0.05, 0.1) is 24.9 Å². The number of rotatable bonds is 7. The number of nitrogens with one attached hydrogen (secondary N) is 3. The highest BCUT2D eigenvalue weighted by molar-refractivity contribution is 7.91. The number of hydrogen-bond donors (Lipinski definition) is 3. The first-order chi connectivity index (χ1) is 25.0. The predicted octanol–water partition coefficient (Wildman–Crippen LogP) is 3.26. The summed E-state index contributed by atoms with van der Waals surface area (Å²) < 4.78 is 39.0. The number of fused-ring (bicyclic) bond motifs is 3. The van der Waals surface area contributed by atoms with Gasteiger partial charge in [0, 0.05) is 18.9 Å². The van der Waals surface area contributed by atoms with Crippen LogP contribution < -0.4 is 15.4 Å². The Kier molecular flexibility index (Phi) is 10.1. The maximum Gasteiger partial charge on any atom is 0.410 e. The van der Waals surface area contributed by atoms with Crippen molar-refractivity contribution in [1.29, 1.82) is 0 Å². The van der Waals surface area contributed by atoms with Gasteiger partial charge >= 0.3 is 12.2 Å². The minimum atomic E-state index is -3.90. The molecule has 1 aromatic carbocycles. The third kappa shape index (κ3) is 7.42. The lowest BCUT2D eigenvalue weighted by Gasteiger charge is -2.32. The minimum Gasteiger partial charge on any atom is -0.450 e. The second-order valence-electron chi connectivity index (χ2n) is 15.0. The van der Waals surface area contributed by atoms with Crippen LogP contribution in [0, 0.1) is 11.8 Å². The fourth-order valence-electron chi connectivity index (χ4n) is 8.10. The van der Waals surface area contributed by atoms with E-state index >= 15 is 0 Å². The Morgan fingerprint density at radius 2 is 1.83 bits per heavy atom. The molecular weight excluding hydrogens is 691 g/mol. The lowest BCUT2D eigenvalue weighted by Crippen LogP contribution is -2.59. The minimum absolute atomic E-state index is 0.0588. The average molecular weight is 738 g/mol. The monoisotopic (exact) mass is 737 g/mol. The van der Waals surface area contributed by atoms with Gasteiger partial charge < -0.3 is 25.0 Å². The molecule has 3 aliphatic heterocycles. The average Bonchev–Trinajstić information content (AvgIpc) is 3.90. The fourth-order valence-corrected chi connectivity index (χ4v) is 9.47. The largest absolute Gasteiger partial charge is 0.450 e. The number of cyclic esters (lactones) is 1. The summed E-state index contributed by atoms with van der Waals surface area (Å²) in [5.74, 6) is -2.77. The summed E-state index contributed by atoms with van der Waals surface area (Å²) >= 11 is 0. The van der Waals surface area contributed by atoms with Crippen molar-refractivity contribution in [2.24, 2.45) is 11.8 Å². The number of carbonyl (C=O) groups is 5. The van der Waals surface area contributed by atoms with Crippen LogP contribution in [0.2, 0.25) is 0 Å². The SMILES string of the molecule is C=C[C@@H]1C[C@]1(NC(=O)[C@@H]1C[C@@H]2CN1C(=O)[C@H](C1CCCC1)NC(=O)OCCCC/C=C/c1cccc3c1CN(C3)C(=O)O2)C(=O)NS(=O)(=O)C1CC1. The van der Waals surface area contributed by atoms with Crippen molar-refractivity contribution in [2.75, 3.05) is 13.2 Å². The molecule has 3 heterocycles. The van der Waals surface area contributed by atoms with Crippen molar-refractivity contribution in [1.82, 2.24) is 25.2 Å². The van der Waals surface area contributed by atoms with E-state index < -0.39 is 74.8 Å². The highest BCUT2D eigenvalue weighted by Crippen LogP contribution is 2.45. The third-order valence-corrected chi connectivity index (χ3v) is 13.2. The number of sulfonamides is 1. The molecule has 4 bridgehead atoms. The molecule has 15 heteroatoms. The number of nitrogens with zero attached hydrogens (tertiary/aromatic N) is 2. The fraction of sp³-hybridized carbons (Fsp3) is 0.595. The van der Waals surface area contributed by atoms with Gasteiger partial charge in [0.15, 0.2) is 0 Å². The Morgan fingerprint density at radius 3 is 2.56 bits per heavy atom. The summed E-state index contributed by atoms with van der Waals surface area (Å²) in [5.41, 5.74) is 1.48. The van der Waals surface area contributed by atoms with Gasteiger partial charge in [-0.2, -0.15) is 0 Å². The molecule has 1 aromatic rings. The molecule has 280 valence electrons. The second-order valence-corrected chi connectivity index (χ2v) is 16.9. The van der Waals surface area contributed by atoms with Gasteiger partial charge in [-0.05, 0) is 74.0 Å². The van der Waals surface area contributed by atoms with Gasteiger partial charge in [0.25, 0.3) is 5.91 Å². The number of hydrogen-bond acceptors (Lipinski definition) is 9. The maximum absolute atomic E-state index is 14.5. The standard InChI is InChI=1S/C37H47N5O9S/c1-2-26-19-37(26,34(45)40-52(48,49)28-15-16-28)39-32(43)30-18-27-21-42(30)33(44)31(24-11-6-7-12-24)38-35(46)50-17-8-4-3-5-10-23-13-9-14-25-20-41(22-29(23)25)36(47)51-27/h2,5,9-10,13-14,24,26-28,30-31H,1,3-4,6-8,11-12,15-22H2,(H,38,46)(H,39,43)(H,40,45)/b10-5+/t26-,27-,30+,31+,37-/m1/s1. The van der Waals surface area contributed by atoms with Crippen LogP contribution in [0.3, 0.4) is 0 Å². The molecule has 14 nitrogen and oxygen atoms in total. The smallest absolute Gasteiger partial charge is 0.410 e. The molecule has 0 unspecified atom stereocenters. The molecule has 1 saturated heterocycles. The highest BCUT2D eigenvalue weighted by Gasteiger charge is 2.62. The zero-order valence-corrected chi connectivity index (χ0v) is 30.0. The van der Waals surface area contributed by atoms with Gasteiger partial charge in [-0.15, -0.1) is 6.58 Å². The molecule has 0 spiro atoms. The van der Waals surface area contributed by atoms with E-state index in [1.54, 1.807) is 4.90 Å². The summed E-state index contributed by atoms with van der Waals surface area (Å²) in [6.45, 7) is 4.53. The van der Waals surface area contributed by atoms with E-state index in [1.807, 2.05) is 24.3 Å². The summed E-state index contributed by atoms with van der Waals surface area (Å²) in [5, 5.41) is 4.91. The number of allylic oxidation sites excluding steroid dienone is 1. The lowest BCUT2D eigenvalue weighted by atomic mass is 9.96. The predicted molar refractivity (Wildman–Crippen MR) is 188 cm³/mol. The number of benzene rings is 1. The Labute approximate surface area is 303 Å². The van der Waals surface area contributed by atoms with Crippen molar-refractivity contribution in [3.05, 3.63) is 53.6 Å². The molecule has 3 N–H and O–H groups in total. The van der Waals surface area contributed by atoms with Crippen LogP contribution in [0.4, 0.5) is 9.59 Å².